The van der Waals surface area contributed by atoms with Gasteiger partial charge in [0.25, 0.3) is 5.56 Å². The highest BCUT2D eigenvalue weighted by Gasteiger charge is 2.22. The van der Waals surface area contributed by atoms with Gasteiger partial charge in [-0.1, -0.05) is 42.5 Å². The second kappa shape index (κ2) is 9.41. The minimum absolute atomic E-state index is 0.0729. The van der Waals surface area contributed by atoms with Crippen molar-refractivity contribution >= 4 is 28.2 Å². The predicted octanol–water partition coefficient (Wildman–Crippen LogP) is 3.89. The average molecular weight is 422 g/mol. The fourth-order valence-corrected chi connectivity index (χ4v) is 4.03. The van der Waals surface area contributed by atoms with Gasteiger partial charge in [-0.25, -0.2) is 0 Å². The Balaban J connectivity index is 1.53. The van der Waals surface area contributed by atoms with Crippen LogP contribution in [0, 0.1) is 6.92 Å². The average Bonchev–Trinajstić information content (AvgIpc) is 3.26. The summed E-state index contributed by atoms with van der Waals surface area (Å²) in [6.45, 7) is 4.57. The summed E-state index contributed by atoms with van der Waals surface area (Å²) in [5.74, 6) is 0. The molecular weight excluding hydrogens is 394 g/mol. The molecule has 1 aliphatic rings. The quantitative estimate of drug-likeness (QED) is 0.592. The minimum atomic E-state index is -0.0729. The maximum atomic E-state index is 12.7. The van der Waals surface area contributed by atoms with Gasteiger partial charge in [0.2, 0.25) is 0 Å². The minimum Gasteiger partial charge on any atom is -0.376 e. The summed E-state index contributed by atoms with van der Waals surface area (Å²) in [7, 11) is 0. The molecule has 0 radical (unpaired) electrons. The lowest BCUT2D eigenvalue weighted by molar-refractivity contribution is 0.0896. The van der Waals surface area contributed by atoms with Crippen molar-refractivity contribution in [2.24, 2.45) is 0 Å². The molecule has 2 aromatic carbocycles. The van der Waals surface area contributed by atoms with E-state index >= 15 is 0 Å². The maximum Gasteiger partial charge on any atom is 0.253 e. The first-order valence-electron chi connectivity index (χ1n) is 10.4. The predicted molar refractivity (Wildman–Crippen MR) is 125 cm³/mol. The highest BCUT2D eigenvalue weighted by Crippen LogP contribution is 2.17. The van der Waals surface area contributed by atoms with Gasteiger partial charge >= 0.3 is 0 Å². The van der Waals surface area contributed by atoms with Crippen LogP contribution in [0.4, 0.5) is 0 Å². The van der Waals surface area contributed by atoms with Crippen molar-refractivity contribution in [2.45, 2.75) is 39.0 Å². The SMILES string of the molecule is Cc1ccc2cc(CN(C[C@H]3CCCO3)C(=S)NCc3ccccc3)c(=O)[nH]c2c1. The number of hydrogen-bond donors (Lipinski definition) is 2. The summed E-state index contributed by atoms with van der Waals surface area (Å²) in [6, 6.07) is 18.2. The zero-order chi connectivity index (χ0) is 20.9. The van der Waals surface area contributed by atoms with Crippen molar-refractivity contribution in [3.63, 3.8) is 0 Å². The number of aromatic amines is 1. The first kappa shape index (κ1) is 20.6. The molecule has 2 heterocycles. The molecule has 2 N–H and O–H groups in total. The van der Waals surface area contributed by atoms with Crippen LogP contribution < -0.4 is 10.9 Å². The smallest absolute Gasteiger partial charge is 0.253 e. The summed E-state index contributed by atoms with van der Waals surface area (Å²) in [5.41, 5.74) is 3.77. The molecule has 5 nitrogen and oxygen atoms in total. The van der Waals surface area contributed by atoms with Gasteiger partial charge in [0.15, 0.2) is 5.11 Å². The van der Waals surface area contributed by atoms with Gasteiger partial charge in [-0.2, -0.15) is 0 Å². The molecule has 1 aromatic heterocycles. The zero-order valence-electron chi connectivity index (χ0n) is 17.2. The molecule has 0 spiro atoms. The third kappa shape index (κ3) is 5.07. The Morgan fingerprint density at radius 1 is 1.23 bits per heavy atom. The Morgan fingerprint density at radius 3 is 2.83 bits per heavy atom. The van der Waals surface area contributed by atoms with Crippen LogP contribution in [0.15, 0.2) is 59.4 Å². The molecule has 0 bridgehead atoms. The van der Waals surface area contributed by atoms with Crippen molar-refractivity contribution in [1.82, 2.24) is 15.2 Å². The number of nitrogens with one attached hydrogen (secondary N) is 2. The molecule has 0 aliphatic carbocycles. The molecule has 3 aromatic rings. The van der Waals surface area contributed by atoms with E-state index in [0.29, 0.717) is 30.3 Å². The van der Waals surface area contributed by atoms with Gasteiger partial charge in [0.05, 0.1) is 12.6 Å². The number of pyridine rings is 1. The number of aryl methyl sites for hydroxylation is 1. The normalized spacial score (nSPS) is 16.0. The van der Waals surface area contributed by atoms with E-state index in [2.05, 4.69) is 33.4 Å². The van der Waals surface area contributed by atoms with Gasteiger partial charge < -0.3 is 19.9 Å². The number of H-pyrrole nitrogens is 1. The molecule has 0 amide bonds. The molecule has 156 valence electrons. The molecule has 0 saturated carbocycles. The van der Waals surface area contributed by atoms with Gasteiger partial charge in [-0.15, -0.1) is 0 Å². The summed E-state index contributed by atoms with van der Waals surface area (Å²) >= 11 is 5.71. The number of ether oxygens (including phenoxy) is 1. The van der Waals surface area contributed by atoms with E-state index in [4.69, 9.17) is 17.0 Å². The molecular formula is C24H27N3O2S. The van der Waals surface area contributed by atoms with Crippen molar-refractivity contribution in [1.29, 1.82) is 0 Å². The first-order valence-corrected chi connectivity index (χ1v) is 10.8. The van der Waals surface area contributed by atoms with E-state index in [9.17, 15) is 4.79 Å². The van der Waals surface area contributed by atoms with Crippen LogP contribution in [-0.4, -0.2) is 34.3 Å². The van der Waals surface area contributed by atoms with Crippen molar-refractivity contribution in [3.05, 3.63) is 81.6 Å². The van der Waals surface area contributed by atoms with Gasteiger partial charge in [0.1, 0.15) is 0 Å². The number of hydrogen-bond acceptors (Lipinski definition) is 3. The third-order valence-corrected chi connectivity index (χ3v) is 5.86. The number of aromatic nitrogens is 1. The highest BCUT2D eigenvalue weighted by molar-refractivity contribution is 7.80. The van der Waals surface area contributed by atoms with Crippen LogP contribution in [0.5, 0.6) is 0 Å². The fraction of sp³-hybridized carbons (Fsp3) is 0.333. The van der Waals surface area contributed by atoms with Crippen LogP contribution >= 0.6 is 12.2 Å². The van der Waals surface area contributed by atoms with Crippen LogP contribution in [0.25, 0.3) is 10.9 Å². The topological polar surface area (TPSA) is 57.4 Å². The van der Waals surface area contributed by atoms with Crippen LogP contribution in [-0.2, 0) is 17.8 Å². The summed E-state index contributed by atoms with van der Waals surface area (Å²) in [5, 5.41) is 5.01. The largest absolute Gasteiger partial charge is 0.376 e. The lowest BCUT2D eigenvalue weighted by Crippen LogP contribution is -2.43. The van der Waals surface area contributed by atoms with Crippen LogP contribution in [0.1, 0.15) is 29.5 Å². The lowest BCUT2D eigenvalue weighted by Gasteiger charge is -2.28. The van der Waals surface area contributed by atoms with E-state index in [1.54, 1.807) is 0 Å². The Kier molecular flexibility index (Phi) is 6.45. The molecule has 1 atom stereocenters. The number of fused-ring (bicyclic) bond motifs is 1. The van der Waals surface area contributed by atoms with E-state index < -0.39 is 0 Å². The second-order valence-electron chi connectivity index (χ2n) is 7.87. The van der Waals surface area contributed by atoms with Crippen LogP contribution in [0.3, 0.4) is 0 Å². The Labute approximate surface area is 182 Å². The van der Waals surface area contributed by atoms with Crippen LogP contribution in [0.2, 0.25) is 0 Å². The fourth-order valence-electron chi connectivity index (χ4n) is 3.82. The third-order valence-electron chi connectivity index (χ3n) is 5.46. The molecule has 0 unspecified atom stereocenters. The Morgan fingerprint density at radius 2 is 2.07 bits per heavy atom. The molecule has 6 heteroatoms. The molecule has 1 saturated heterocycles. The number of thiocarbonyl (C=S) groups is 1. The molecule has 1 aliphatic heterocycles. The zero-order valence-corrected chi connectivity index (χ0v) is 18.0. The van der Waals surface area contributed by atoms with Gasteiger partial charge in [-0.3, -0.25) is 4.79 Å². The van der Waals surface area contributed by atoms with E-state index in [0.717, 1.165) is 41.5 Å². The number of benzene rings is 2. The first-order chi connectivity index (χ1) is 14.6. The Bertz CT molecular complexity index is 1070. The summed E-state index contributed by atoms with van der Waals surface area (Å²) in [6.07, 6.45) is 2.23. The number of nitrogens with zero attached hydrogens (tertiary/aromatic N) is 1. The van der Waals surface area contributed by atoms with E-state index in [1.807, 2.05) is 43.3 Å². The maximum absolute atomic E-state index is 12.7. The lowest BCUT2D eigenvalue weighted by atomic mass is 10.1. The molecule has 30 heavy (non-hydrogen) atoms. The standard InChI is InChI=1S/C24H27N3O2S/c1-17-9-10-19-13-20(23(28)26-22(19)12-17)15-27(16-21-8-5-11-29-21)24(30)25-14-18-6-3-2-4-7-18/h2-4,6-7,9-10,12-13,21H,5,8,11,14-16H2,1H3,(H,25,30)(H,26,28)/t21-/m1/s1. The van der Waals surface area contributed by atoms with Crippen molar-refractivity contribution in [2.75, 3.05) is 13.2 Å². The summed E-state index contributed by atoms with van der Waals surface area (Å²) in [4.78, 5) is 17.8. The van der Waals surface area contributed by atoms with E-state index in [-0.39, 0.29) is 11.7 Å². The van der Waals surface area contributed by atoms with Gasteiger partial charge in [0, 0.05) is 30.8 Å². The van der Waals surface area contributed by atoms with Crippen molar-refractivity contribution < 1.29 is 4.74 Å². The summed E-state index contributed by atoms with van der Waals surface area (Å²) < 4.78 is 5.83. The Hall–Kier alpha value is -2.70. The van der Waals surface area contributed by atoms with E-state index in [1.165, 1.54) is 0 Å². The van der Waals surface area contributed by atoms with Gasteiger partial charge in [-0.05, 0) is 60.6 Å². The number of rotatable bonds is 6. The highest BCUT2D eigenvalue weighted by atomic mass is 32.1. The van der Waals surface area contributed by atoms with Crippen molar-refractivity contribution in [3.8, 4) is 0 Å². The monoisotopic (exact) mass is 421 g/mol. The second-order valence-corrected chi connectivity index (χ2v) is 8.26. The molecule has 1 fully saturated rings. The molecule has 4 rings (SSSR count).